The molecule has 0 saturated carbocycles. The van der Waals surface area contributed by atoms with Gasteiger partial charge in [0.15, 0.2) is 11.5 Å². The summed E-state index contributed by atoms with van der Waals surface area (Å²) < 4.78 is 4.98. The number of ether oxygens (including phenoxy) is 1. The molecule has 8 heteroatoms. The summed E-state index contributed by atoms with van der Waals surface area (Å²) in [7, 11) is 0. The van der Waals surface area contributed by atoms with E-state index < -0.39 is 0 Å². The second kappa shape index (κ2) is 6.18. The van der Waals surface area contributed by atoms with E-state index in [1.807, 2.05) is 11.8 Å². The average molecular weight is 278 g/mol. The van der Waals surface area contributed by atoms with Crippen molar-refractivity contribution in [3.8, 4) is 0 Å². The summed E-state index contributed by atoms with van der Waals surface area (Å²) in [6, 6.07) is 0. The van der Waals surface area contributed by atoms with Crippen LogP contribution in [0.15, 0.2) is 6.33 Å². The van der Waals surface area contributed by atoms with Crippen LogP contribution in [0.2, 0.25) is 0 Å². The van der Waals surface area contributed by atoms with Gasteiger partial charge < -0.3 is 20.4 Å². The van der Waals surface area contributed by atoms with Crippen LogP contribution in [0.1, 0.15) is 20.3 Å². The maximum absolute atomic E-state index is 11.7. The summed E-state index contributed by atoms with van der Waals surface area (Å²) in [5.41, 5.74) is 6.84. The Kier molecular flexibility index (Phi) is 4.34. The summed E-state index contributed by atoms with van der Waals surface area (Å²) >= 11 is 0. The quantitative estimate of drug-likeness (QED) is 0.749. The smallest absolute Gasteiger partial charge is 0.325 e. The molecule has 2 aromatic heterocycles. The molecule has 0 unspecified atom stereocenters. The molecule has 2 heterocycles. The van der Waals surface area contributed by atoms with Gasteiger partial charge in [-0.1, -0.05) is 6.92 Å². The molecule has 3 N–H and O–H groups in total. The second-order valence-electron chi connectivity index (χ2n) is 4.23. The van der Waals surface area contributed by atoms with Crippen molar-refractivity contribution in [1.82, 2.24) is 19.9 Å². The number of aromatic amines is 1. The zero-order chi connectivity index (χ0) is 14.5. The molecule has 0 amide bonds. The molecular weight excluding hydrogens is 260 g/mol. The lowest BCUT2D eigenvalue weighted by molar-refractivity contribution is -0.141. The first-order valence-corrected chi connectivity index (χ1v) is 6.52. The minimum absolute atomic E-state index is 0.117. The Labute approximate surface area is 116 Å². The van der Waals surface area contributed by atoms with Crippen molar-refractivity contribution >= 4 is 28.9 Å². The number of rotatable bonds is 6. The fraction of sp³-hybridized carbons (Fsp3) is 0.500. The van der Waals surface area contributed by atoms with E-state index in [2.05, 4.69) is 19.9 Å². The number of anilines is 2. The van der Waals surface area contributed by atoms with Crippen molar-refractivity contribution in [3.63, 3.8) is 0 Å². The Balaban J connectivity index is 2.35. The molecule has 0 bridgehead atoms. The van der Waals surface area contributed by atoms with Crippen LogP contribution in [-0.4, -0.2) is 45.6 Å². The van der Waals surface area contributed by atoms with Crippen molar-refractivity contribution in [2.75, 3.05) is 30.3 Å². The molecule has 20 heavy (non-hydrogen) atoms. The Morgan fingerprint density at radius 2 is 2.25 bits per heavy atom. The number of hydrogen-bond donors (Lipinski definition) is 2. The highest BCUT2D eigenvalue weighted by atomic mass is 16.5. The molecule has 0 radical (unpaired) electrons. The Bertz CT molecular complexity index is 597. The molecule has 0 aliphatic heterocycles. The monoisotopic (exact) mass is 278 g/mol. The summed E-state index contributed by atoms with van der Waals surface area (Å²) in [6.07, 6.45) is 2.38. The van der Waals surface area contributed by atoms with E-state index in [0.29, 0.717) is 30.1 Å². The molecule has 8 nitrogen and oxygen atoms in total. The van der Waals surface area contributed by atoms with E-state index in [9.17, 15) is 4.79 Å². The van der Waals surface area contributed by atoms with Crippen molar-refractivity contribution < 1.29 is 9.53 Å². The number of aromatic nitrogens is 4. The average Bonchev–Trinajstić information content (AvgIpc) is 2.85. The zero-order valence-corrected chi connectivity index (χ0v) is 11.6. The predicted octanol–water partition coefficient (Wildman–Crippen LogP) is 0.715. The molecule has 108 valence electrons. The summed E-state index contributed by atoms with van der Waals surface area (Å²) in [4.78, 5) is 28.8. The van der Waals surface area contributed by atoms with Gasteiger partial charge in [0.2, 0.25) is 5.95 Å². The zero-order valence-electron chi connectivity index (χ0n) is 11.6. The Morgan fingerprint density at radius 3 is 2.95 bits per heavy atom. The first-order valence-electron chi connectivity index (χ1n) is 6.52. The molecule has 0 aliphatic carbocycles. The number of nitrogens with two attached hydrogens (primary N) is 1. The molecule has 0 atom stereocenters. The van der Waals surface area contributed by atoms with Gasteiger partial charge in [0, 0.05) is 6.54 Å². The summed E-state index contributed by atoms with van der Waals surface area (Å²) in [6.45, 7) is 4.92. The Hall–Kier alpha value is -2.38. The van der Waals surface area contributed by atoms with Gasteiger partial charge in [0.25, 0.3) is 0 Å². The highest BCUT2D eigenvalue weighted by Gasteiger charge is 2.18. The first kappa shape index (κ1) is 14.0. The lowest BCUT2D eigenvalue weighted by Gasteiger charge is -2.22. The summed E-state index contributed by atoms with van der Waals surface area (Å²) in [5.74, 6) is 0.398. The number of H-pyrrole nitrogens is 1. The highest BCUT2D eigenvalue weighted by molar-refractivity contribution is 5.86. The van der Waals surface area contributed by atoms with Gasteiger partial charge in [0.1, 0.15) is 12.1 Å². The highest BCUT2D eigenvalue weighted by Crippen LogP contribution is 2.21. The van der Waals surface area contributed by atoms with Gasteiger partial charge in [-0.2, -0.15) is 9.97 Å². The second-order valence-corrected chi connectivity index (χ2v) is 4.23. The van der Waals surface area contributed by atoms with Crippen LogP contribution in [0.25, 0.3) is 11.2 Å². The largest absolute Gasteiger partial charge is 0.465 e. The van der Waals surface area contributed by atoms with Crippen LogP contribution in [0.5, 0.6) is 0 Å². The molecule has 2 aromatic rings. The van der Waals surface area contributed by atoms with Gasteiger partial charge in [0.05, 0.1) is 12.9 Å². The minimum Gasteiger partial charge on any atom is -0.465 e. The number of hydrogen-bond acceptors (Lipinski definition) is 7. The van der Waals surface area contributed by atoms with Crippen molar-refractivity contribution in [2.24, 2.45) is 0 Å². The lowest BCUT2D eigenvalue weighted by Crippen LogP contribution is -2.32. The minimum atomic E-state index is -0.300. The molecule has 0 spiro atoms. The molecule has 0 aliphatic rings. The van der Waals surface area contributed by atoms with Crippen LogP contribution >= 0.6 is 0 Å². The van der Waals surface area contributed by atoms with Gasteiger partial charge in [-0.25, -0.2) is 4.98 Å². The van der Waals surface area contributed by atoms with Crippen LogP contribution in [0, 0.1) is 0 Å². The van der Waals surface area contributed by atoms with E-state index in [-0.39, 0.29) is 18.5 Å². The molecule has 0 saturated heterocycles. The Morgan fingerprint density at radius 1 is 1.45 bits per heavy atom. The fourth-order valence-corrected chi connectivity index (χ4v) is 1.96. The maximum Gasteiger partial charge on any atom is 0.325 e. The van der Waals surface area contributed by atoms with Crippen molar-refractivity contribution in [1.29, 1.82) is 0 Å². The number of nitrogens with zero attached hydrogens (tertiary/aromatic N) is 4. The van der Waals surface area contributed by atoms with Gasteiger partial charge in [-0.05, 0) is 13.3 Å². The van der Waals surface area contributed by atoms with E-state index in [1.54, 1.807) is 6.92 Å². The maximum atomic E-state index is 11.7. The standard InChI is InChI=1S/C12H18N6O2/c1-3-5-18(6-8(19)20-4-2)11-9-10(15-7-14-9)16-12(13)17-11/h7H,3-6H2,1-2H3,(H3,13,14,15,16,17). The van der Waals surface area contributed by atoms with Crippen molar-refractivity contribution in [2.45, 2.75) is 20.3 Å². The number of esters is 1. The predicted molar refractivity (Wildman–Crippen MR) is 75.2 cm³/mol. The number of imidazole rings is 1. The van der Waals surface area contributed by atoms with E-state index in [0.717, 1.165) is 6.42 Å². The molecule has 0 fully saturated rings. The number of nitrogens with one attached hydrogen (secondary N) is 1. The SMILES string of the molecule is CCCN(CC(=O)OCC)c1nc(N)nc2nc[nH]c12. The number of nitrogen functional groups attached to an aromatic ring is 1. The first-order chi connectivity index (χ1) is 9.65. The van der Waals surface area contributed by atoms with E-state index >= 15 is 0 Å². The number of carbonyl (C=O) groups is 1. The number of fused-ring (bicyclic) bond motifs is 1. The van der Waals surface area contributed by atoms with Crippen LogP contribution < -0.4 is 10.6 Å². The normalized spacial score (nSPS) is 10.7. The number of carbonyl (C=O) groups excluding carboxylic acids is 1. The van der Waals surface area contributed by atoms with E-state index in [4.69, 9.17) is 10.5 Å². The summed E-state index contributed by atoms with van der Waals surface area (Å²) in [5, 5.41) is 0. The molecule has 0 aromatic carbocycles. The molecule has 2 rings (SSSR count). The van der Waals surface area contributed by atoms with Gasteiger partial charge >= 0.3 is 5.97 Å². The van der Waals surface area contributed by atoms with Crippen LogP contribution in [0.4, 0.5) is 11.8 Å². The van der Waals surface area contributed by atoms with Gasteiger partial charge in [-0.3, -0.25) is 4.79 Å². The van der Waals surface area contributed by atoms with Crippen LogP contribution in [0.3, 0.4) is 0 Å². The van der Waals surface area contributed by atoms with E-state index in [1.165, 1.54) is 6.33 Å². The van der Waals surface area contributed by atoms with Crippen molar-refractivity contribution in [3.05, 3.63) is 6.33 Å². The third kappa shape index (κ3) is 2.95. The van der Waals surface area contributed by atoms with Gasteiger partial charge in [-0.15, -0.1) is 0 Å². The third-order valence-electron chi connectivity index (χ3n) is 2.70. The van der Waals surface area contributed by atoms with Crippen LogP contribution in [-0.2, 0) is 9.53 Å². The lowest BCUT2D eigenvalue weighted by atomic mass is 10.3. The third-order valence-corrected chi connectivity index (χ3v) is 2.70. The molecular formula is C12H18N6O2. The fourth-order valence-electron chi connectivity index (χ4n) is 1.96. The topological polar surface area (TPSA) is 110 Å².